The number of nitrogens with one attached hydrogen (secondary N) is 1. The standard InChI is InChI=1S/C17H28ClN/c1-5-9-17(4,13-19-10-6-2)12-15-8-7-14(3)11-16(15)18/h7-8,11,19H,5-6,9-10,12-13H2,1-4H3. The summed E-state index contributed by atoms with van der Waals surface area (Å²) in [5, 5.41) is 4.48. The van der Waals surface area contributed by atoms with Crippen molar-refractivity contribution in [3.8, 4) is 0 Å². The topological polar surface area (TPSA) is 12.0 Å². The molecule has 0 aliphatic heterocycles. The van der Waals surface area contributed by atoms with E-state index in [1.165, 1.54) is 30.4 Å². The maximum atomic E-state index is 6.38. The average molecular weight is 282 g/mol. The third kappa shape index (κ3) is 5.54. The van der Waals surface area contributed by atoms with Crippen molar-refractivity contribution in [1.29, 1.82) is 0 Å². The van der Waals surface area contributed by atoms with E-state index in [9.17, 15) is 0 Å². The number of rotatable bonds is 8. The van der Waals surface area contributed by atoms with Gasteiger partial charge in [-0.2, -0.15) is 0 Å². The third-order valence-corrected chi connectivity index (χ3v) is 4.01. The molecule has 1 N–H and O–H groups in total. The second-order valence-corrected chi connectivity index (χ2v) is 6.42. The Hall–Kier alpha value is -0.530. The number of aryl methyl sites for hydroxylation is 1. The Morgan fingerprint density at radius 2 is 1.95 bits per heavy atom. The second kappa shape index (κ2) is 7.91. The zero-order valence-electron chi connectivity index (χ0n) is 12.9. The van der Waals surface area contributed by atoms with Crippen LogP contribution in [0.25, 0.3) is 0 Å². The van der Waals surface area contributed by atoms with E-state index in [1.807, 2.05) is 0 Å². The van der Waals surface area contributed by atoms with E-state index in [1.54, 1.807) is 0 Å². The summed E-state index contributed by atoms with van der Waals surface area (Å²) in [7, 11) is 0. The van der Waals surface area contributed by atoms with Crippen LogP contribution in [0.3, 0.4) is 0 Å². The minimum absolute atomic E-state index is 0.294. The van der Waals surface area contributed by atoms with Gasteiger partial charge in [0.15, 0.2) is 0 Å². The molecule has 1 unspecified atom stereocenters. The van der Waals surface area contributed by atoms with Gasteiger partial charge in [0, 0.05) is 11.6 Å². The van der Waals surface area contributed by atoms with Crippen molar-refractivity contribution in [2.45, 2.75) is 53.4 Å². The molecule has 0 saturated heterocycles. The molecule has 0 saturated carbocycles. The Morgan fingerprint density at radius 1 is 1.21 bits per heavy atom. The van der Waals surface area contributed by atoms with Crippen LogP contribution in [0, 0.1) is 12.3 Å². The Balaban J connectivity index is 2.75. The summed E-state index contributed by atoms with van der Waals surface area (Å²) in [4.78, 5) is 0. The quantitative estimate of drug-likeness (QED) is 0.662. The summed E-state index contributed by atoms with van der Waals surface area (Å²) in [6.45, 7) is 11.1. The molecule has 19 heavy (non-hydrogen) atoms. The first-order valence-electron chi connectivity index (χ1n) is 7.46. The fourth-order valence-corrected chi connectivity index (χ4v) is 2.97. The highest BCUT2D eigenvalue weighted by Gasteiger charge is 2.24. The van der Waals surface area contributed by atoms with E-state index in [2.05, 4.69) is 51.2 Å². The first-order valence-corrected chi connectivity index (χ1v) is 7.84. The molecule has 1 nitrogen and oxygen atoms in total. The minimum atomic E-state index is 0.294. The van der Waals surface area contributed by atoms with E-state index >= 15 is 0 Å². The largest absolute Gasteiger partial charge is 0.316 e. The summed E-state index contributed by atoms with van der Waals surface area (Å²) in [6.07, 6.45) is 4.69. The van der Waals surface area contributed by atoms with Gasteiger partial charge >= 0.3 is 0 Å². The van der Waals surface area contributed by atoms with Gasteiger partial charge in [0.05, 0.1) is 0 Å². The van der Waals surface area contributed by atoms with E-state index in [0.29, 0.717) is 5.41 Å². The number of hydrogen-bond donors (Lipinski definition) is 1. The van der Waals surface area contributed by atoms with Gasteiger partial charge in [-0.15, -0.1) is 0 Å². The SMILES string of the molecule is CCCNCC(C)(CCC)Cc1ccc(C)cc1Cl. The third-order valence-electron chi connectivity index (χ3n) is 3.66. The molecule has 0 heterocycles. The zero-order chi connectivity index (χ0) is 14.3. The molecule has 108 valence electrons. The number of hydrogen-bond acceptors (Lipinski definition) is 1. The van der Waals surface area contributed by atoms with Gasteiger partial charge in [0.25, 0.3) is 0 Å². The van der Waals surface area contributed by atoms with Crippen LogP contribution in [0.1, 0.15) is 51.2 Å². The van der Waals surface area contributed by atoms with Gasteiger partial charge in [-0.3, -0.25) is 0 Å². The van der Waals surface area contributed by atoms with Crippen LogP contribution in [-0.2, 0) is 6.42 Å². The van der Waals surface area contributed by atoms with Gasteiger partial charge in [-0.05, 0) is 55.3 Å². The Bertz CT molecular complexity index is 389. The fourth-order valence-electron chi connectivity index (χ4n) is 2.67. The van der Waals surface area contributed by atoms with Gasteiger partial charge in [0.2, 0.25) is 0 Å². The summed E-state index contributed by atoms with van der Waals surface area (Å²) < 4.78 is 0. The average Bonchev–Trinajstić information content (AvgIpc) is 2.34. The molecule has 0 aromatic heterocycles. The Morgan fingerprint density at radius 3 is 2.53 bits per heavy atom. The molecule has 0 spiro atoms. The van der Waals surface area contributed by atoms with Crippen LogP contribution in [0.15, 0.2) is 18.2 Å². The van der Waals surface area contributed by atoms with Crippen molar-refractivity contribution in [1.82, 2.24) is 5.32 Å². The summed E-state index contributed by atoms with van der Waals surface area (Å²) in [6, 6.07) is 6.42. The monoisotopic (exact) mass is 281 g/mol. The smallest absolute Gasteiger partial charge is 0.0440 e. The lowest BCUT2D eigenvalue weighted by molar-refractivity contribution is 0.275. The van der Waals surface area contributed by atoms with Crippen molar-refractivity contribution in [3.05, 3.63) is 34.3 Å². The zero-order valence-corrected chi connectivity index (χ0v) is 13.6. The van der Waals surface area contributed by atoms with E-state index in [-0.39, 0.29) is 0 Å². The lowest BCUT2D eigenvalue weighted by Gasteiger charge is -2.30. The molecule has 0 fully saturated rings. The van der Waals surface area contributed by atoms with Crippen molar-refractivity contribution >= 4 is 11.6 Å². The predicted octanol–water partition coefficient (Wildman–Crippen LogP) is 5.00. The number of benzene rings is 1. The maximum Gasteiger partial charge on any atom is 0.0440 e. The highest BCUT2D eigenvalue weighted by Crippen LogP contribution is 2.31. The Labute approximate surface area is 123 Å². The fraction of sp³-hybridized carbons (Fsp3) is 0.647. The highest BCUT2D eigenvalue weighted by molar-refractivity contribution is 6.31. The Kier molecular flexibility index (Phi) is 6.88. The summed E-state index contributed by atoms with van der Waals surface area (Å²) in [5.41, 5.74) is 2.81. The molecular weight excluding hydrogens is 254 g/mol. The molecule has 2 heteroatoms. The molecular formula is C17H28ClN. The molecule has 0 amide bonds. The molecule has 1 rings (SSSR count). The molecule has 1 aromatic rings. The van der Waals surface area contributed by atoms with Crippen LogP contribution in [0.2, 0.25) is 5.02 Å². The van der Waals surface area contributed by atoms with Crippen molar-refractivity contribution in [2.75, 3.05) is 13.1 Å². The van der Waals surface area contributed by atoms with Crippen LogP contribution in [0.5, 0.6) is 0 Å². The molecule has 1 atom stereocenters. The molecule has 0 radical (unpaired) electrons. The molecule has 1 aromatic carbocycles. The highest BCUT2D eigenvalue weighted by atomic mass is 35.5. The lowest BCUT2D eigenvalue weighted by Crippen LogP contribution is -2.34. The van der Waals surface area contributed by atoms with E-state index in [0.717, 1.165) is 24.5 Å². The van der Waals surface area contributed by atoms with Crippen LogP contribution < -0.4 is 5.32 Å². The van der Waals surface area contributed by atoms with E-state index < -0.39 is 0 Å². The minimum Gasteiger partial charge on any atom is -0.316 e. The van der Waals surface area contributed by atoms with E-state index in [4.69, 9.17) is 11.6 Å². The van der Waals surface area contributed by atoms with Crippen LogP contribution in [-0.4, -0.2) is 13.1 Å². The van der Waals surface area contributed by atoms with Gasteiger partial charge in [-0.1, -0.05) is 50.9 Å². The van der Waals surface area contributed by atoms with Crippen molar-refractivity contribution < 1.29 is 0 Å². The normalized spacial score (nSPS) is 14.4. The maximum absolute atomic E-state index is 6.38. The first-order chi connectivity index (χ1) is 9.00. The van der Waals surface area contributed by atoms with Crippen molar-refractivity contribution in [3.63, 3.8) is 0 Å². The molecule has 0 bridgehead atoms. The summed E-state index contributed by atoms with van der Waals surface area (Å²) >= 11 is 6.38. The lowest BCUT2D eigenvalue weighted by atomic mass is 9.79. The van der Waals surface area contributed by atoms with Gasteiger partial charge in [-0.25, -0.2) is 0 Å². The van der Waals surface area contributed by atoms with Crippen molar-refractivity contribution in [2.24, 2.45) is 5.41 Å². The van der Waals surface area contributed by atoms with Crippen LogP contribution in [0.4, 0.5) is 0 Å². The second-order valence-electron chi connectivity index (χ2n) is 6.01. The number of halogens is 1. The summed E-state index contributed by atoms with van der Waals surface area (Å²) in [5.74, 6) is 0. The van der Waals surface area contributed by atoms with Gasteiger partial charge in [0.1, 0.15) is 0 Å². The van der Waals surface area contributed by atoms with Gasteiger partial charge < -0.3 is 5.32 Å². The first kappa shape index (κ1) is 16.5. The molecule has 0 aliphatic rings. The van der Waals surface area contributed by atoms with Crippen LogP contribution >= 0.6 is 11.6 Å². The predicted molar refractivity (Wildman–Crippen MR) is 86.1 cm³/mol. The molecule has 0 aliphatic carbocycles.